The van der Waals surface area contributed by atoms with Gasteiger partial charge in [-0.15, -0.1) is 0 Å². The standard InChI is InChI=1S/C21H24FN3O/c1-2-3-15-25-19-8-5-4-7-18(19)24-20(25)9-6-14-23-21(26)16-10-12-17(22)13-11-16/h4-5,7-8,10-13H,2-3,6,9,14-15H2,1H3,(H,23,26). The minimum Gasteiger partial charge on any atom is -0.352 e. The number of nitrogens with one attached hydrogen (secondary N) is 1. The number of benzene rings is 2. The van der Waals surface area contributed by atoms with Crippen LogP contribution in [0.1, 0.15) is 42.4 Å². The molecule has 3 rings (SSSR count). The summed E-state index contributed by atoms with van der Waals surface area (Å²) in [6.45, 7) is 3.71. The van der Waals surface area contributed by atoms with Gasteiger partial charge in [0.25, 0.3) is 5.91 Å². The molecular formula is C21H24FN3O. The van der Waals surface area contributed by atoms with Crippen LogP contribution in [0.25, 0.3) is 11.0 Å². The Kier molecular flexibility index (Phi) is 6.00. The summed E-state index contributed by atoms with van der Waals surface area (Å²) in [5.74, 6) is 0.549. The van der Waals surface area contributed by atoms with Gasteiger partial charge in [-0.2, -0.15) is 0 Å². The maximum atomic E-state index is 12.9. The van der Waals surface area contributed by atoms with Gasteiger partial charge in [-0.3, -0.25) is 4.79 Å². The van der Waals surface area contributed by atoms with E-state index in [1.54, 1.807) is 0 Å². The van der Waals surface area contributed by atoms with E-state index in [-0.39, 0.29) is 11.7 Å². The molecule has 0 aliphatic heterocycles. The van der Waals surface area contributed by atoms with Crippen molar-refractivity contribution in [3.63, 3.8) is 0 Å². The number of amides is 1. The average Bonchev–Trinajstić information content (AvgIpc) is 3.01. The van der Waals surface area contributed by atoms with Gasteiger partial charge in [0.1, 0.15) is 11.6 Å². The van der Waals surface area contributed by atoms with Crippen molar-refractivity contribution in [3.05, 3.63) is 65.7 Å². The molecule has 1 heterocycles. The molecule has 0 aliphatic carbocycles. The van der Waals surface area contributed by atoms with Crippen LogP contribution in [0, 0.1) is 5.82 Å². The van der Waals surface area contributed by atoms with E-state index in [1.807, 2.05) is 18.2 Å². The van der Waals surface area contributed by atoms with Crippen molar-refractivity contribution in [1.29, 1.82) is 0 Å². The number of halogens is 1. The number of fused-ring (bicyclic) bond motifs is 1. The molecule has 0 unspecified atom stereocenters. The number of unbranched alkanes of at least 4 members (excludes halogenated alkanes) is 1. The molecule has 0 aliphatic rings. The van der Waals surface area contributed by atoms with E-state index in [0.29, 0.717) is 12.1 Å². The second kappa shape index (κ2) is 8.61. The van der Waals surface area contributed by atoms with E-state index < -0.39 is 0 Å². The van der Waals surface area contributed by atoms with E-state index in [0.717, 1.165) is 43.6 Å². The fraction of sp³-hybridized carbons (Fsp3) is 0.333. The Morgan fingerprint density at radius 2 is 1.88 bits per heavy atom. The minimum atomic E-state index is -0.340. The van der Waals surface area contributed by atoms with E-state index in [2.05, 4.69) is 22.9 Å². The molecule has 0 atom stereocenters. The van der Waals surface area contributed by atoms with Gasteiger partial charge in [-0.25, -0.2) is 9.37 Å². The van der Waals surface area contributed by atoms with E-state index in [9.17, 15) is 9.18 Å². The molecule has 4 nitrogen and oxygen atoms in total. The Morgan fingerprint density at radius 3 is 2.65 bits per heavy atom. The molecule has 0 spiro atoms. The summed E-state index contributed by atoms with van der Waals surface area (Å²) in [6.07, 6.45) is 3.87. The van der Waals surface area contributed by atoms with Crippen LogP contribution in [0.4, 0.5) is 4.39 Å². The number of nitrogens with zero attached hydrogens (tertiary/aromatic N) is 2. The predicted octanol–water partition coefficient (Wildman–Crippen LogP) is 4.34. The number of para-hydroxylation sites is 2. The molecule has 0 bridgehead atoms. The third-order valence-corrected chi connectivity index (χ3v) is 4.44. The molecular weight excluding hydrogens is 329 g/mol. The van der Waals surface area contributed by atoms with Crippen LogP contribution in [0.15, 0.2) is 48.5 Å². The topological polar surface area (TPSA) is 46.9 Å². The Morgan fingerprint density at radius 1 is 1.12 bits per heavy atom. The van der Waals surface area contributed by atoms with E-state index >= 15 is 0 Å². The third-order valence-electron chi connectivity index (χ3n) is 4.44. The van der Waals surface area contributed by atoms with Crippen LogP contribution in [0.2, 0.25) is 0 Å². The number of hydrogen-bond acceptors (Lipinski definition) is 2. The lowest BCUT2D eigenvalue weighted by molar-refractivity contribution is 0.0953. The van der Waals surface area contributed by atoms with Crippen LogP contribution < -0.4 is 5.32 Å². The molecule has 1 N–H and O–H groups in total. The highest BCUT2D eigenvalue weighted by Gasteiger charge is 2.10. The zero-order valence-corrected chi connectivity index (χ0v) is 15.0. The molecule has 5 heteroatoms. The minimum absolute atomic E-state index is 0.176. The van der Waals surface area contributed by atoms with Crippen molar-refractivity contribution >= 4 is 16.9 Å². The molecule has 0 fully saturated rings. The van der Waals surface area contributed by atoms with Gasteiger partial charge in [-0.1, -0.05) is 25.5 Å². The number of aryl methyl sites for hydroxylation is 2. The maximum Gasteiger partial charge on any atom is 0.251 e. The van der Waals surface area contributed by atoms with Crippen molar-refractivity contribution in [2.75, 3.05) is 6.54 Å². The number of carbonyl (C=O) groups excluding carboxylic acids is 1. The molecule has 0 saturated carbocycles. The first-order valence-electron chi connectivity index (χ1n) is 9.17. The van der Waals surface area contributed by atoms with Crippen LogP contribution in [0.5, 0.6) is 0 Å². The van der Waals surface area contributed by atoms with Crippen molar-refractivity contribution in [2.45, 2.75) is 39.2 Å². The van der Waals surface area contributed by atoms with Crippen molar-refractivity contribution in [2.24, 2.45) is 0 Å². The number of hydrogen-bond donors (Lipinski definition) is 1. The lowest BCUT2D eigenvalue weighted by atomic mass is 10.2. The lowest BCUT2D eigenvalue weighted by Crippen LogP contribution is -2.25. The summed E-state index contributed by atoms with van der Waals surface area (Å²) >= 11 is 0. The zero-order chi connectivity index (χ0) is 18.4. The summed E-state index contributed by atoms with van der Waals surface area (Å²) in [5.41, 5.74) is 2.67. The largest absolute Gasteiger partial charge is 0.352 e. The normalized spacial score (nSPS) is 11.0. The number of imidazole rings is 1. The molecule has 0 saturated heterocycles. The monoisotopic (exact) mass is 353 g/mol. The second-order valence-electron chi connectivity index (χ2n) is 6.39. The first kappa shape index (κ1) is 18.1. The molecule has 0 radical (unpaired) electrons. The van der Waals surface area contributed by atoms with E-state index in [4.69, 9.17) is 4.98 Å². The number of aromatic nitrogens is 2. The van der Waals surface area contributed by atoms with Gasteiger partial charge in [0, 0.05) is 25.1 Å². The molecule has 26 heavy (non-hydrogen) atoms. The van der Waals surface area contributed by atoms with Gasteiger partial charge in [0.2, 0.25) is 0 Å². The smallest absolute Gasteiger partial charge is 0.251 e. The number of carbonyl (C=O) groups is 1. The summed E-state index contributed by atoms with van der Waals surface area (Å²) in [6, 6.07) is 13.8. The fourth-order valence-corrected chi connectivity index (χ4v) is 3.03. The molecule has 3 aromatic rings. The van der Waals surface area contributed by atoms with Crippen LogP contribution >= 0.6 is 0 Å². The van der Waals surface area contributed by atoms with E-state index in [1.165, 1.54) is 29.8 Å². The molecule has 1 amide bonds. The van der Waals surface area contributed by atoms with Crippen LogP contribution in [0.3, 0.4) is 0 Å². The van der Waals surface area contributed by atoms with Gasteiger partial charge in [0.15, 0.2) is 0 Å². The molecule has 136 valence electrons. The number of rotatable bonds is 8. The van der Waals surface area contributed by atoms with Gasteiger partial charge >= 0.3 is 0 Å². The van der Waals surface area contributed by atoms with Crippen molar-refractivity contribution in [3.8, 4) is 0 Å². The second-order valence-corrected chi connectivity index (χ2v) is 6.39. The maximum absolute atomic E-state index is 12.9. The molecule has 1 aromatic heterocycles. The SMILES string of the molecule is CCCCn1c(CCCNC(=O)c2ccc(F)cc2)nc2ccccc21. The Hall–Kier alpha value is -2.69. The summed E-state index contributed by atoms with van der Waals surface area (Å²) in [5, 5.41) is 2.89. The fourth-order valence-electron chi connectivity index (χ4n) is 3.03. The summed E-state index contributed by atoms with van der Waals surface area (Å²) < 4.78 is 15.2. The average molecular weight is 353 g/mol. The summed E-state index contributed by atoms with van der Waals surface area (Å²) in [7, 11) is 0. The van der Waals surface area contributed by atoms with Gasteiger partial charge < -0.3 is 9.88 Å². The van der Waals surface area contributed by atoms with Gasteiger partial charge in [-0.05, 0) is 49.2 Å². The highest BCUT2D eigenvalue weighted by atomic mass is 19.1. The third kappa shape index (κ3) is 4.28. The highest BCUT2D eigenvalue weighted by Crippen LogP contribution is 2.18. The summed E-state index contributed by atoms with van der Waals surface area (Å²) in [4.78, 5) is 16.8. The Bertz CT molecular complexity index is 871. The first-order chi connectivity index (χ1) is 12.7. The van der Waals surface area contributed by atoms with Crippen LogP contribution in [-0.4, -0.2) is 22.0 Å². The predicted molar refractivity (Wildman–Crippen MR) is 102 cm³/mol. The van der Waals surface area contributed by atoms with Gasteiger partial charge in [0.05, 0.1) is 11.0 Å². The highest BCUT2D eigenvalue weighted by molar-refractivity contribution is 5.94. The van der Waals surface area contributed by atoms with Crippen molar-refractivity contribution < 1.29 is 9.18 Å². The molecule has 2 aromatic carbocycles. The lowest BCUT2D eigenvalue weighted by Gasteiger charge is -2.09. The quantitative estimate of drug-likeness (QED) is 0.613. The Balaban J connectivity index is 1.59. The van der Waals surface area contributed by atoms with Crippen LogP contribution in [-0.2, 0) is 13.0 Å². The Labute approximate surface area is 153 Å². The zero-order valence-electron chi connectivity index (χ0n) is 15.0. The first-order valence-corrected chi connectivity index (χ1v) is 9.17. The van der Waals surface area contributed by atoms with Crippen molar-refractivity contribution in [1.82, 2.24) is 14.9 Å².